The van der Waals surface area contributed by atoms with Gasteiger partial charge in [0.2, 0.25) is 0 Å². The number of rotatable bonds is 4. The van der Waals surface area contributed by atoms with Crippen LogP contribution < -0.4 is 0 Å². The number of sulfone groups is 1. The molecular formula is C24H28Cl2N2O3S. The number of benzene rings is 1. The van der Waals surface area contributed by atoms with E-state index in [9.17, 15) is 13.2 Å². The summed E-state index contributed by atoms with van der Waals surface area (Å²) in [4.78, 5) is 19.9. The van der Waals surface area contributed by atoms with Gasteiger partial charge in [0.1, 0.15) is 5.69 Å². The van der Waals surface area contributed by atoms with Crippen molar-refractivity contribution in [3.8, 4) is 0 Å². The number of amides is 1. The summed E-state index contributed by atoms with van der Waals surface area (Å²) in [6, 6.07) is 9.24. The van der Waals surface area contributed by atoms with Crippen molar-refractivity contribution < 1.29 is 13.2 Å². The van der Waals surface area contributed by atoms with Crippen LogP contribution in [0, 0.1) is 10.8 Å². The predicted octanol–water partition coefficient (Wildman–Crippen LogP) is 5.79. The molecule has 1 saturated carbocycles. The Morgan fingerprint density at radius 3 is 2.47 bits per heavy atom. The van der Waals surface area contributed by atoms with Crippen molar-refractivity contribution in [1.29, 1.82) is 0 Å². The Morgan fingerprint density at radius 1 is 1.06 bits per heavy atom. The fourth-order valence-corrected chi connectivity index (χ4v) is 8.40. The minimum atomic E-state index is -3.75. The summed E-state index contributed by atoms with van der Waals surface area (Å²) in [6.07, 6.45) is 2.98. The Morgan fingerprint density at radius 2 is 1.78 bits per heavy atom. The summed E-state index contributed by atoms with van der Waals surface area (Å²) in [5.41, 5.74) is 0.598. The van der Waals surface area contributed by atoms with Gasteiger partial charge < -0.3 is 4.90 Å². The highest BCUT2D eigenvalue weighted by Gasteiger charge is 2.57. The van der Waals surface area contributed by atoms with Gasteiger partial charge in [0, 0.05) is 17.1 Å². The standard InChI is InChI=1S/C24H28Cl2N2O3S/c1-22(2)12-23(3)14-24(4,13-22)28(15-23)21(29)19-7-5-6-17(27-19)11-32(30,31)20-9-8-16(25)10-18(20)26/h5-10H,11-15H2,1-4H3/t23-,24+/m0/s1. The van der Waals surface area contributed by atoms with E-state index in [1.807, 2.05) is 4.90 Å². The smallest absolute Gasteiger partial charge is 0.272 e. The third kappa shape index (κ3) is 4.42. The first kappa shape index (κ1) is 23.5. The van der Waals surface area contributed by atoms with E-state index in [1.54, 1.807) is 18.2 Å². The van der Waals surface area contributed by atoms with Crippen LogP contribution in [0.4, 0.5) is 0 Å². The highest BCUT2D eigenvalue weighted by atomic mass is 35.5. The van der Waals surface area contributed by atoms with Crippen LogP contribution in [0.25, 0.3) is 0 Å². The summed E-state index contributed by atoms with van der Waals surface area (Å²) in [6.45, 7) is 9.64. The van der Waals surface area contributed by atoms with Crippen LogP contribution >= 0.6 is 23.2 Å². The number of nitrogens with zero attached hydrogens (tertiary/aromatic N) is 2. The molecule has 2 aliphatic rings. The van der Waals surface area contributed by atoms with Crippen LogP contribution in [-0.2, 0) is 15.6 Å². The quantitative estimate of drug-likeness (QED) is 0.538. The van der Waals surface area contributed by atoms with E-state index < -0.39 is 9.84 Å². The minimum Gasteiger partial charge on any atom is -0.331 e. The molecule has 2 bridgehead atoms. The van der Waals surface area contributed by atoms with Gasteiger partial charge in [-0.05, 0) is 67.3 Å². The second-order valence-corrected chi connectivity index (χ2v) is 13.5. The number of likely N-dealkylation sites (tertiary alicyclic amines) is 1. The molecule has 172 valence electrons. The first-order chi connectivity index (χ1) is 14.7. The van der Waals surface area contributed by atoms with Gasteiger partial charge in [-0.3, -0.25) is 4.79 Å². The normalized spacial score (nSPS) is 26.9. The van der Waals surface area contributed by atoms with Crippen molar-refractivity contribution >= 4 is 38.9 Å². The van der Waals surface area contributed by atoms with Crippen LogP contribution in [0.3, 0.4) is 0 Å². The number of hydrogen-bond acceptors (Lipinski definition) is 4. The maximum absolute atomic E-state index is 13.5. The molecule has 2 atom stereocenters. The largest absolute Gasteiger partial charge is 0.331 e. The molecule has 1 amide bonds. The molecule has 2 heterocycles. The summed E-state index contributed by atoms with van der Waals surface area (Å²) in [5.74, 6) is -0.491. The van der Waals surface area contributed by atoms with Crippen LogP contribution in [-0.4, -0.2) is 36.3 Å². The van der Waals surface area contributed by atoms with Gasteiger partial charge in [-0.25, -0.2) is 13.4 Å². The minimum absolute atomic E-state index is 0.00176. The van der Waals surface area contributed by atoms with Gasteiger partial charge in [-0.2, -0.15) is 0 Å². The molecule has 1 aliphatic carbocycles. The third-order valence-electron chi connectivity index (χ3n) is 6.60. The number of pyridine rings is 1. The van der Waals surface area contributed by atoms with Crippen molar-refractivity contribution in [3.05, 3.63) is 57.8 Å². The molecule has 1 aromatic carbocycles. The lowest BCUT2D eigenvalue weighted by molar-refractivity contribution is 0.0464. The maximum atomic E-state index is 13.5. The van der Waals surface area contributed by atoms with Crippen molar-refractivity contribution in [2.75, 3.05) is 6.54 Å². The molecular weight excluding hydrogens is 467 g/mol. The van der Waals surface area contributed by atoms with Gasteiger partial charge in [0.25, 0.3) is 5.91 Å². The summed E-state index contributed by atoms with van der Waals surface area (Å²) < 4.78 is 25.8. The molecule has 0 spiro atoms. The average molecular weight is 495 g/mol. The van der Waals surface area contributed by atoms with Crippen molar-refractivity contribution in [2.45, 2.75) is 63.1 Å². The van der Waals surface area contributed by atoms with Gasteiger partial charge in [0.15, 0.2) is 9.84 Å². The zero-order chi connectivity index (χ0) is 23.5. The average Bonchev–Trinajstić information content (AvgIpc) is 2.84. The molecule has 2 aromatic rings. The maximum Gasteiger partial charge on any atom is 0.272 e. The molecule has 8 heteroatoms. The molecule has 5 nitrogen and oxygen atoms in total. The molecule has 4 rings (SSSR count). The number of fused-ring (bicyclic) bond motifs is 2. The van der Waals surface area contributed by atoms with E-state index in [-0.39, 0.29) is 43.6 Å². The van der Waals surface area contributed by atoms with Crippen molar-refractivity contribution in [3.63, 3.8) is 0 Å². The molecule has 0 N–H and O–H groups in total. The van der Waals surface area contributed by atoms with E-state index >= 15 is 0 Å². The van der Waals surface area contributed by atoms with E-state index in [1.165, 1.54) is 18.2 Å². The number of aromatic nitrogens is 1. The predicted molar refractivity (Wildman–Crippen MR) is 127 cm³/mol. The van der Waals surface area contributed by atoms with E-state index in [0.29, 0.717) is 17.3 Å². The SMILES string of the molecule is CC1(C)C[C@]2(C)CN(C(=O)c3cccc(CS(=O)(=O)c4ccc(Cl)cc4Cl)n3)[C@](C)(C1)C2. The zero-order valence-electron chi connectivity index (χ0n) is 18.8. The number of carbonyl (C=O) groups excluding carboxylic acids is 1. The molecule has 1 aromatic heterocycles. The monoisotopic (exact) mass is 494 g/mol. The van der Waals surface area contributed by atoms with E-state index in [2.05, 4.69) is 32.7 Å². The van der Waals surface area contributed by atoms with Gasteiger partial charge in [-0.15, -0.1) is 0 Å². The lowest BCUT2D eigenvalue weighted by Crippen LogP contribution is -2.48. The Labute approximate surface area is 200 Å². The van der Waals surface area contributed by atoms with Gasteiger partial charge in [0.05, 0.1) is 21.4 Å². The lowest BCUT2D eigenvalue weighted by Gasteiger charge is -2.45. The van der Waals surface area contributed by atoms with Crippen LogP contribution in [0.2, 0.25) is 10.0 Å². The molecule has 0 unspecified atom stereocenters. The number of carbonyl (C=O) groups is 1. The van der Waals surface area contributed by atoms with Crippen LogP contribution in [0.1, 0.15) is 63.1 Å². The van der Waals surface area contributed by atoms with Gasteiger partial charge >= 0.3 is 0 Å². The first-order valence-corrected chi connectivity index (χ1v) is 13.1. The summed E-state index contributed by atoms with van der Waals surface area (Å²) in [7, 11) is -3.75. The fourth-order valence-electron chi connectivity index (χ4n) is 6.30. The Hall–Kier alpha value is -1.63. The Balaban J connectivity index is 1.60. The summed E-state index contributed by atoms with van der Waals surface area (Å²) in [5, 5.41) is 0.429. The van der Waals surface area contributed by atoms with Crippen molar-refractivity contribution in [2.24, 2.45) is 10.8 Å². The molecule has 0 radical (unpaired) electrons. The van der Waals surface area contributed by atoms with E-state index in [4.69, 9.17) is 23.2 Å². The van der Waals surface area contributed by atoms with Crippen molar-refractivity contribution in [1.82, 2.24) is 9.88 Å². The van der Waals surface area contributed by atoms with Crippen LogP contribution in [0.15, 0.2) is 41.3 Å². The number of hydrogen-bond donors (Lipinski definition) is 0. The lowest BCUT2D eigenvalue weighted by atomic mass is 9.61. The second kappa shape index (κ2) is 7.71. The second-order valence-electron chi connectivity index (χ2n) is 10.7. The zero-order valence-corrected chi connectivity index (χ0v) is 21.1. The highest BCUT2D eigenvalue weighted by Crippen LogP contribution is 2.57. The number of halogens is 2. The Kier molecular flexibility index (Phi) is 5.67. The first-order valence-electron chi connectivity index (χ1n) is 10.7. The Bertz CT molecular complexity index is 1200. The third-order valence-corrected chi connectivity index (χ3v) is 8.96. The topological polar surface area (TPSA) is 67.3 Å². The molecule has 1 saturated heterocycles. The molecule has 1 aliphatic heterocycles. The molecule has 2 fully saturated rings. The van der Waals surface area contributed by atoms with E-state index in [0.717, 1.165) is 19.3 Å². The van der Waals surface area contributed by atoms with Crippen LogP contribution in [0.5, 0.6) is 0 Å². The molecule has 32 heavy (non-hydrogen) atoms. The summed E-state index contributed by atoms with van der Waals surface area (Å²) >= 11 is 12.0. The fraction of sp³-hybridized carbons (Fsp3) is 0.500. The van der Waals surface area contributed by atoms with Gasteiger partial charge in [-0.1, -0.05) is 50.0 Å². The highest BCUT2D eigenvalue weighted by molar-refractivity contribution is 7.90.